The van der Waals surface area contributed by atoms with Crippen LogP contribution in [-0.4, -0.2) is 34.7 Å². The average molecular weight is 283 g/mol. The highest BCUT2D eigenvalue weighted by atomic mass is 16.4. The molecule has 0 radical (unpaired) electrons. The van der Waals surface area contributed by atoms with Crippen LogP contribution in [0.5, 0.6) is 0 Å². The number of anilines is 1. The number of unbranched alkanes of at least 4 members (excludes halogenated alkanes) is 1. The van der Waals surface area contributed by atoms with E-state index in [1.165, 1.54) is 12.1 Å². The zero-order valence-corrected chi connectivity index (χ0v) is 11.2. The SMILES string of the molecule is NCCCC[C@H](N)C(=O)O.Nc1ccc(C(=O)O)cc1. The monoisotopic (exact) mass is 283 g/mol. The Morgan fingerprint density at radius 3 is 2.05 bits per heavy atom. The molecule has 0 unspecified atom stereocenters. The molecular weight excluding hydrogens is 262 g/mol. The normalized spacial score (nSPS) is 11.1. The predicted molar refractivity (Wildman–Crippen MR) is 76.3 cm³/mol. The molecular formula is C13H21N3O4. The Labute approximate surface area is 117 Å². The van der Waals surface area contributed by atoms with Gasteiger partial charge in [-0.15, -0.1) is 0 Å². The van der Waals surface area contributed by atoms with Gasteiger partial charge in [0.1, 0.15) is 6.04 Å². The lowest BCUT2D eigenvalue weighted by atomic mass is 10.1. The first kappa shape index (κ1) is 17.9. The third kappa shape index (κ3) is 8.06. The maximum atomic E-state index is 10.3. The quantitative estimate of drug-likeness (QED) is 0.376. The number of carboxylic acids is 2. The van der Waals surface area contributed by atoms with Crippen molar-refractivity contribution in [3.05, 3.63) is 29.8 Å². The summed E-state index contributed by atoms with van der Waals surface area (Å²) < 4.78 is 0. The van der Waals surface area contributed by atoms with E-state index in [1.54, 1.807) is 12.1 Å². The van der Waals surface area contributed by atoms with Gasteiger partial charge in [0, 0.05) is 5.69 Å². The third-order valence-corrected chi connectivity index (χ3v) is 2.44. The van der Waals surface area contributed by atoms with Crippen molar-refractivity contribution in [3.8, 4) is 0 Å². The van der Waals surface area contributed by atoms with Crippen LogP contribution in [0.2, 0.25) is 0 Å². The van der Waals surface area contributed by atoms with Gasteiger partial charge >= 0.3 is 11.9 Å². The number of aromatic carboxylic acids is 1. The van der Waals surface area contributed by atoms with Crippen molar-refractivity contribution >= 4 is 17.6 Å². The van der Waals surface area contributed by atoms with E-state index in [4.69, 9.17) is 27.4 Å². The molecule has 0 saturated carbocycles. The van der Waals surface area contributed by atoms with Gasteiger partial charge in [-0.25, -0.2) is 4.79 Å². The topological polar surface area (TPSA) is 153 Å². The summed E-state index contributed by atoms with van der Waals surface area (Å²) >= 11 is 0. The van der Waals surface area contributed by atoms with Crippen LogP contribution in [0.3, 0.4) is 0 Å². The fourth-order valence-corrected chi connectivity index (χ4v) is 1.26. The molecule has 0 aromatic heterocycles. The number of hydrogen-bond donors (Lipinski definition) is 5. The maximum absolute atomic E-state index is 10.3. The maximum Gasteiger partial charge on any atom is 0.335 e. The van der Waals surface area contributed by atoms with Gasteiger partial charge in [-0.2, -0.15) is 0 Å². The second-order valence-electron chi connectivity index (χ2n) is 4.16. The van der Waals surface area contributed by atoms with E-state index in [2.05, 4.69) is 0 Å². The lowest BCUT2D eigenvalue weighted by Crippen LogP contribution is -2.29. The van der Waals surface area contributed by atoms with Crippen molar-refractivity contribution in [2.45, 2.75) is 25.3 Å². The first-order valence-electron chi connectivity index (χ1n) is 6.15. The van der Waals surface area contributed by atoms with Gasteiger partial charge in [-0.05, 0) is 43.7 Å². The highest BCUT2D eigenvalue weighted by Crippen LogP contribution is 2.04. The molecule has 20 heavy (non-hydrogen) atoms. The Bertz CT molecular complexity index is 420. The first-order valence-corrected chi connectivity index (χ1v) is 6.15. The minimum Gasteiger partial charge on any atom is -0.480 e. The molecule has 0 bridgehead atoms. The van der Waals surface area contributed by atoms with Crippen molar-refractivity contribution in [2.75, 3.05) is 12.3 Å². The molecule has 1 aromatic carbocycles. The molecule has 0 amide bonds. The molecule has 0 spiro atoms. The van der Waals surface area contributed by atoms with Crippen molar-refractivity contribution in [1.82, 2.24) is 0 Å². The average Bonchev–Trinajstić information content (AvgIpc) is 2.40. The van der Waals surface area contributed by atoms with E-state index in [9.17, 15) is 9.59 Å². The molecule has 0 heterocycles. The number of aliphatic carboxylic acids is 1. The van der Waals surface area contributed by atoms with Crippen LogP contribution in [0.15, 0.2) is 24.3 Å². The standard InChI is InChI=1S/C7H7NO2.C6H14N2O2/c8-6-3-1-5(2-4-6)7(9)10;7-4-2-1-3-5(8)6(9)10/h1-4H,8H2,(H,9,10);5H,1-4,7-8H2,(H,9,10)/t;5-/m.0/s1. The molecule has 8 N–H and O–H groups in total. The second kappa shape index (κ2) is 9.76. The molecule has 7 nitrogen and oxygen atoms in total. The molecule has 0 aliphatic heterocycles. The number of nitrogen functional groups attached to an aromatic ring is 1. The summed E-state index contributed by atoms with van der Waals surface area (Å²) in [5.41, 5.74) is 16.6. The molecule has 7 heteroatoms. The summed E-state index contributed by atoms with van der Waals surface area (Å²) in [5, 5.41) is 16.8. The smallest absolute Gasteiger partial charge is 0.335 e. The van der Waals surface area contributed by atoms with Crippen LogP contribution in [0, 0.1) is 0 Å². The number of nitrogens with two attached hydrogens (primary N) is 3. The summed E-state index contributed by atoms with van der Waals surface area (Å²) in [6.45, 7) is 0.604. The Morgan fingerprint density at radius 2 is 1.65 bits per heavy atom. The van der Waals surface area contributed by atoms with Gasteiger partial charge in [0.15, 0.2) is 0 Å². The molecule has 0 aliphatic rings. The fourth-order valence-electron chi connectivity index (χ4n) is 1.26. The van der Waals surface area contributed by atoms with E-state index in [0.29, 0.717) is 18.7 Å². The lowest BCUT2D eigenvalue weighted by Gasteiger charge is -2.03. The first-order chi connectivity index (χ1) is 9.38. The van der Waals surface area contributed by atoms with Crippen LogP contribution in [0.25, 0.3) is 0 Å². The van der Waals surface area contributed by atoms with Gasteiger partial charge in [-0.1, -0.05) is 6.42 Å². The van der Waals surface area contributed by atoms with E-state index in [1.807, 2.05) is 0 Å². The number of carbonyl (C=O) groups is 2. The van der Waals surface area contributed by atoms with Crippen LogP contribution in [0.1, 0.15) is 29.6 Å². The summed E-state index contributed by atoms with van der Waals surface area (Å²) in [7, 11) is 0. The largest absolute Gasteiger partial charge is 0.480 e. The van der Waals surface area contributed by atoms with Gasteiger partial charge in [0.2, 0.25) is 0 Å². The van der Waals surface area contributed by atoms with Crippen molar-refractivity contribution in [2.24, 2.45) is 11.5 Å². The molecule has 0 fully saturated rings. The number of carboxylic acid groups (broad SMARTS) is 2. The van der Waals surface area contributed by atoms with E-state index in [-0.39, 0.29) is 5.56 Å². The fraction of sp³-hybridized carbons (Fsp3) is 0.385. The number of benzene rings is 1. The molecule has 1 aromatic rings. The summed E-state index contributed by atoms with van der Waals surface area (Å²) in [4.78, 5) is 20.4. The van der Waals surface area contributed by atoms with Gasteiger partial charge in [0.05, 0.1) is 5.56 Å². The molecule has 0 saturated heterocycles. The summed E-state index contributed by atoms with van der Waals surface area (Å²) in [5.74, 6) is -1.86. The van der Waals surface area contributed by atoms with Gasteiger partial charge in [0.25, 0.3) is 0 Å². The van der Waals surface area contributed by atoms with Crippen molar-refractivity contribution in [3.63, 3.8) is 0 Å². The lowest BCUT2D eigenvalue weighted by molar-refractivity contribution is -0.138. The zero-order chi connectivity index (χ0) is 15.5. The number of hydrogen-bond acceptors (Lipinski definition) is 5. The third-order valence-electron chi connectivity index (χ3n) is 2.44. The van der Waals surface area contributed by atoms with Crippen LogP contribution < -0.4 is 17.2 Å². The molecule has 1 atom stereocenters. The Morgan fingerprint density at radius 1 is 1.10 bits per heavy atom. The van der Waals surface area contributed by atoms with E-state index >= 15 is 0 Å². The van der Waals surface area contributed by atoms with Gasteiger partial charge < -0.3 is 27.4 Å². The summed E-state index contributed by atoms with van der Waals surface area (Å²) in [6.07, 6.45) is 2.16. The predicted octanol–water partition coefficient (Wildman–Crippen LogP) is 0.494. The van der Waals surface area contributed by atoms with Crippen LogP contribution in [0.4, 0.5) is 5.69 Å². The number of rotatable bonds is 6. The minimum atomic E-state index is -0.933. The van der Waals surface area contributed by atoms with Crippen molar-refractivity contribution < 1.29 is 19.8 Å². The Kier molecular flexibility index (Phi) is 8.73. The van der Waals surface area contributed by atoms with E-state index < -0.39 is 18.0 Å². The second-order valence-corrected chi connectivity index (χ2v) is 4.16. The Hall–Kier alpha value is -2.12. The van der Waals surface area contributed by atoms with E-state index in [0.717, 1.165) is 12.8 Å². The molecule has 1 rings (SSSR count). The van der Waals surface area contributed by atoms with Crippen LogP contribution in [-0.2, 0) is 4.79 Å². The summed E-state index contributed by atoms with van der Waals surface area (Å²) in [6, 6.07) is 5.34. The van der Waals surface area contributed by atoms with Crippen LogP contribution >= 0.6 is 0 Å². The van der Waals surface area contributed by atoms with Gasteiger partial charge in [-0.3, -0.25) is 4.79 Å². The highest BCUT2D eigenvalue weighted by molar-refractivity contribution is 5.87. The Balaban J connectivity index is 0.000000361. The molecule has 112 valence electrons. The minimum absolute atomic E-state index is 0.259. The molecule has 0 aliphatic carbocycles. The zero-order valence-electron chi connectivity index (χ0n) is 11.2. The van der Waals surface area contributed by atoms with Crippen molar-refractivity contribution in [1.29, 1.82) is 0 Å². The highest BCUT2D eigenvalue weighted by Gasteiger charge is 2.09.